The van der Waals surface area contributed by atoms with Gasteiger partial charge in [-0.05, 0) is 47.7 Å². The molecule has 5 heteroatoms. The van der Waals surface area contributed by atoms with Gasteiger partial charge in [0, 0.05) is 19.5 Å². The molecule has 0 fully saturated rings. The number of aryl methyl sites for hydroxylation is 2. The van der Waals surface area contributed by atoms with Crippen molar-refractivity contribution in [2.24, 2.45) is 0 Å². The van der Waals surface area contributed by atoms with Crippen LogP contribution in [0.3, 0.4) is 0 Å². The maximum Gasteiger partial charge on any atom is 0.247 e. The summed E-state index contributed by atoms with van der Waals surface area (Å²) >= 11 is 0. The Morgan fingerprint density at radius 3 is 2.00 bits per heavy atom. The molecule has 0 spiro atoms. The fourth-order valence-corrected chi connectivity index (χ4v) is 4.39. The van der Waals surface area contributed by atoms with E-state index in [1.807, 2.05) is 116 Å². The summed E-state index contributed by atoms with van der Waals surface area (Å²) in [6.07, 6.45) is 0.903. The number of carbonyl (C=O) groups is 2. The molecule has 0 aromatic heterocycles. The van der Waals surface area contributed by atoms with Gasteiger partial charge in [-0.2, -0.15) is 0 Å². The lowest BCUT2D eigenvalue weighted by molar-refractivity contribution is -0.141. The maximum atomic E-state index is 13.8. The highest BCUT2D eigenvalue weighted by Crippen LogP contribution is 2.26. The van der Waals surface area contributed by atoms with Crippen LogP contribution in [0.25, 0.3) is 0 Å². The van der Waals surface area contributed by atoms with Crippen LogP contribution >= 0.6 is 0 Å². The minimum Gasteiger partial charge on any atom is -0.497 e. The van der Waals surface area contributed by atoms with Crippen molar-refractivity contribution in [2.45, 2.75) is 38.9 Å². The molecule has 0 bridgehead atoms. The highest BCUT2D eigenvalue weighted by Gasteiger charge is 2.31. The van der Waals surface area contributed by atoms with E-state index in [1.54, 1.807) is 12.0 Å². The molecule has 0 saturated carbocycles. The number of ether oxygens (including phenoxy) is 1. The van der Waals surface area contributed by atoms with Crippen LogP contribution in [0.2, 0.25) is 0 Å². The highest BCUT2D eigenvalue weighted by molar-refractivity contribution is 5.88. The smallest absolute Gasteiger partial charge is 0.247 e. The monoisotopic (exact) mass is 506 g/mol. The Morgan fingerprint density at radius 1 is 0.763 bits per heavy atom. The molecule has 1 unspecified atom stereocenters. The number of benzene rings is 4. The zero-order chi connectivity index (χ0) is 26.7. The Bertz CT molecular complexity index is 1300. The summed E-state index contributed by atoms with van der Waals surface area (Å²) in [6, 6.07) is 34.4. The van der Waals surface area contributed by atoms with Gasteiger partial charge in [0.05, 0.1) is 7.11 Å². The number of nitrogens with zero attached hydrogens (tertiary/aromatic N) is 1. The molecule has 2 amide bonds. The molecule has 38 heavy (non-hydrogen) atoms. The van der Waals surface area contributed by atoms with Crippen molar-refractivity contribution in [3.63, 3.8) is 0 Å². The van der Waals surface area contributed by atoms with E-state index in [4.69, 9.17) is 4.74 Å². The van der Waals surface area contributed by atoms with Gasteiger partial charge < -0.3 is 15.0 Å². The molecule has 4 aromatic carbocycles. The van der Waals surface area contributed by atoms with Gasteiger partial charge in [0.2, 0.25) is 11.8 Å². The number of methoxy groups -OCH3 is 1. The van der Waals surface area contributed by atoms with Crippen molar-refractivity contribution in [2.75, 3.05) is 7.11 Å². The van der Waals surface area contributed by atoms with Crippen molar-refractivity contribution in [1.29, 1.82) is 0 Å². The van der Waals surface area contributed by atoms with E-state index in [0.717, 1.165) is 33.6 Å². The topological polar surface area (TPSA) is 58.6 Å². The lowest BCUT2D eigenvalue weighted by Gasteiger charge is -2.32. The standard InChI is InChI=1S/C33H34N2O3/c1-25-13-15-27(16-14-25)23-34-33(37)32(29-11-7-4-8-12-29)35(24-28-17-20-30(38-2)21-18-28)31(36)22-19-26-9-5-3-6-10-26/h3-18,20-21,32H,19,22-24H2,1-2H3,(H,34,37). The number of carbonyl (C=O) groups excluding carboxylic acids is 2. The van der Waals surface area contributed by atoms with Gasteiger partial charge in [-0.1, -0.05) is 103 Å². The number of hydrogen-bond donors (Lipinski definition) is 1. The summed E-state index contributed by atoms with van der Waals surface area (Å²) in [7, 11) is 1.62. The molecular weight excluding hydrogens is 472 g/mol. The Balaban J connectivity index is 1.62. The van der Waals surface area contributed by atoms with Gasteiger partial charge in [-0.15, -0.1) is 0 Å². The first kappa shape index (κ1) is 26.7. The minimum atomic E-state index is -0.771. The number of hydrogen-bond acceptors (Lipinski definition) is 3. The van der Waals surface area contributed by atoms with E-state index in [-0.39, 0.29) is 11.8 Å². The fourth-order valence-electron chi connectivity index (χ4n) is 4.39. The van der Waals surface area contributed by atoms with Crippen LogP contribution in [0.4, 0.5) is 0 Å². The first-order valence-corrected chi connectivity index (χ1v) is 12.9. The van der Waals surface area contributed by atoms with Crippen LogP contribution in [0.1, 0.15) is 40.3 Å². The predicted molar refractivity (Wildman–Crippen MR) is 151 cm³/mol. The minimum absolute atomic E-state index is 0.0796. The van der Waals surface area contributed by atoms with Crippen LogP contribution in [-0.4, -0.2) is 23.8 Å². The van der Waals surface area contributed by atoms with Crippen molar-refractivity contribution in [3.05, 3.63) is 137 Å². The highest BCUT2D eigenvalue weighted by atomic mass is 16.5. The van der Waals surface area contributed by atoms with E-state index in [9.17, 15) is 9.59 Å². The number of nitrogens with one attached hydrogen (secondary N) is 1. The van der Waals surface area contributed by atoms with Crippen LogP contribution in [-0.2, 0) is 29.1 Å². The van der Waals surface area contributed by atoms with E-state index < -0.39 is 6.04 Å². The molecule has 4 rings (SSSR count). The van der Waals surface area contributed by atoms with Gasteiger partial charge in [0.25, 0.3) is 0 Å². The quantitative estimate of drug-likeness (QED) is 0.271. The Labute approximate surface area is 225 Å². The summed E-state index contributed by atoms with van der Waals surface area (Å²) < 4.78 is 5.30. The predicted octanol–water partition coefficient (Wildman–Crippen LogP) is 6.02. The average molecular weight is 507 g/mol. The average Bonchev–Trinajstić information content (AvgIpc) is 2.96. The second kappa shape index (κ2) is 13.2. The normalized spacial score (nSPS) is 11.4. The van der Waals surface area contributed by atoms with Gasteiger partial charge in [-0.25, -0.2) is 0 Å². The first-order valence-electron chi connectivity index (χ1n) is 12.9. The lowest BCUT2D eigenvalue weighted by Crippen LogP contribution is -2.43. The number of rotatable bonds is 11. The van der Waals surface area contributed by atoms with E-state index in [1.165, 1.54) is 0 Å². The zero-order valence-corrected chi connectivity index (χ0v) is 22.0. The largest absolute Gasteiger partial charge is 0.497 e. The Kier molecular flexibility index (Phi) is 9.30. The van der Waals surface area contributed by atoms with E-state index in [2.05, 4.69) is 5.32 Å². The molecule has 5 nitrogen and oxygen atoms in total. The summed E-state index contributed by atoms with van der Waals surface area (Å²) in [4.78, 5) is 29.3. The molecule has 4 aromatic rings. The third-order valence-electron chi connectivity index (χ3n) is 6.57. The van der Waals surface area contributed by atoms with Crippen LogP contribution in [0, 0.1) is 6.92 Å². The molecule has 194 valence electrons. The molecule has 0 radical (unpaired) electrons. The van der Waals surface area contributed by atoms with Crippen molar-refractivity contribution in [1.82, 2.24) is 10.2 Å². The zero-order valence-electron chi connectivity index (χ0n) is 22.0. The first-order chi connectivity index (χ1) is 18.5. The summed E-state index contributed by atoms with van der Waals surface area (Å²) in [6.45, 7) is 2.72. The van der Waals surface area contributed by atoms with Crippen molar-refractivity contribution >= 4 is 11.8 Å². The van der Waals surface area contributed by atoms with E-state index in [0.29, 0.717) is 25.9 Å². The van der Waals surface area contributed by atoms with E-state index >= 15 is 0 Å². The second-order valence-corrected chi connectivity index (χ2v) is 9.37. The third kappa shape index (κ3) is 7.32. The Morgan fingerprint density at radius 2 is 1.37 bits per heavy atom. The molecule has 1 N–H and O–H groups in total. The molecule has 0 saturated heterocycles. The second-order valence-electron chi connectivity index (χ2n) is 9.37. The molecular formula is C33H34N2O3. The maximum absolute atomic E-state index is 13.8. The summed E-state index contributed by atoms with van der Waals surface area (Å²) in [5, 5.41) is 3.08. The number of amides is 2. The molecule has 1 atom stereocenters. The molecule has 0 heterocycles. The fraction of sp³-hybridized carbons (Fsp3) is 0.212. The molecule has 0 aliphatic heterocycles. The van der Waals surface area contributed by atoms with Crippen LogP contribution in [0.15, 0.2) is 109 Å². The summed E-state index contributed by atoms with van der Waals surface area (Å²) in [5.74, 6) is 0.452. The van der Waals surface area contributed by atoms with Crippen molar-refractivity contribution in [3.8, 4) is 5.75 Å². The summed E-state index contributed by atoms with van der Waals surface area (Å²) in [5.41, 5.74) is 4.96. The van der Waals surface area contributed by atoms with Crippen LogP contribution in [0.5, 0.6) is 5.75 Å². The van der Waals surface area contributed by atoms with Gasteiger partial charge in [-0.3, -0.25) is 9.59 Å². The van der Waals surface area contributed by atoms with Gasteiger partial charge in [0.1, 0.15) is 11.8 Å². The third-order valence-corrected chi connectivity index (χ3v) is 6.57. The Hall–Kier alpha value is -4.38. The molecule has 0 aliphatic carbocycles. The van der Waals surface area contributed by atoms with Gasteiger partial charge in [0.15, 0.2) is 0 Å². The molecule has 0 aliphatic rings. The van der Waals surface area contributed by atoms with Crippen molar-refractivity contribution < 1.29 is 14.3 Å². The van der Waals surface area contributed by atoms with Crippen LogP contribution < -0.4 is 10.1 Å². The lowest BCUT2D eigenvalue weighted by atomic mass is 10.0. The van der Waals surface area contributed by atoms with Gasteiger partial charge >= 0.3 is 0 Å². The SMILES string of the molecule is COc1ccc(CN(C(=O)CCc2ccccc2)C(C(=O)NCc2ccc(C)cc2)c2ccccc2)cc1.